The van der Waals surface area contributed by atoms with Crippen LogP contribution in [0.3, 0.4) is 0 Å². The van der Waals surface area contributed by atoms with E-state index in [1.165, 1.54) is 31.4 Å². The molecule has 0 aliphatic heterocycles. The Bertz CT molecular complexity index is 676. The zero-order valence-corrected chi connectivity index (χ0v) is 13.6. The van der Waals surface area contributed by atoms with E-state index in [0.717, 1.165) is 6.08 Å². The average molecular weight is 372 g/mol. The van der Waals surface area contributed by atoms with Gasteiger partial charge in [0.2, 0.25) is 0 Å². The van der Waals surface area contributed by atoms with Crippen molar-refractivity contribution < 1.29 is 39.2 Å². The maximum atomic E-state index is 11.6. The van der Waals surface area contributed by atoms with Gasteiger partial charge in [0.25, 0.3) is 10.2 Å². The number of hydrogen-bond acceptors (Lipinski definition) is 10. The molecule has 142 valence electrons. The van der Waals surface area contributed by atoms with E-state index >= 15 is 0 Å². The fraction of sp³-hybridized carbons (Fsp3) is 0.357. The van der Waals surface area contributed by atoms with Crippen LogP contribution in [0.1, 0.15) is 12.0 Å². The smallest absolute Gasteiger partial charge is 0.330 e. The number of carbonyl (C=O) groups excluding carboxylic acids is 1. The molecule has 0 radical (unpaired) electrons. The van der Waals surface area contributed by atoms with Crippen molar-refractivity contribution in [2.45, 2.75) is 12.5 Å². The highest BCUT2D eigenvalue weighted by atomic mass is 17.0. The lowest BCUT2D eigenvalue weighted by Crippen LogP contribution is -2.26. The summed E-state index contributed by atoms with van der Waals surface area (Å²) in [6.45, 7) is -0.948. The number of hydrogen-bond donors (Lipinski definition) is 1. The standard InChI is InChI=1S/C14H16N2O10/c1-23-13-8-10(2-4-12(13)17)3-5-14(18)24-7-6-11(26-16(21)22)9-25-15(19)20/h2-5,8,11,17H,6-7,9H2,1H3. The Morgan fingerprint density at radius 1 is 1.31 bits per heavy atom. The zero-order valence-electron chi connectivity index (χ0n) is 13.6. The van der Waals surface area contributed by atoms with Gasteiger partial charge in [0, 0.05) is 12.5 Å². The lowest BCUT2D eigenvalue weighted by atomic mass is 10.2. The molecule has 0 bridgehead atoms. The van der Waals surface area contributed by atoms with E-state index in [4.69, 9.17) is 9.47 Å². The van der Waals surface area contributed by atoms with E-state index in [-0.39, 0.29) is 24.5 Å². The molecule has 0 fully saturated rings. The van der Waals surface area contributed by atoms with Crippen LogP contribution in [0.15, 0.2) is 24.3 Å². The summed E-state index contributed by atoms with van der Waals surface area (Å²) in [6, 6.07) is 4.42. The minimum Gasteiger partial charge on any atom is -0.504 e. The number of rotatable bonds is 11. The van der Waals surface area contributed by atoms with Crippen molar-refractivity contribution in [2.24, 2.45) is 0 Å². The van der Waals surface area contributed by atoms with E-state index in [1.807, 2.05) is 0 Å². The van der Waals surface area contributed by atoms with E-state index in [9.17, 15) is 30.1 Å². The molecule has 0 saturated carbocycles. The Morgan fingerprint density at radius 3 is 2.65 bits per heavy atom. The van der Waals surface area contributed by atoms with Crippen molar-refractivity contribution in [1.29, 1.82) is 0 Å². The van der Waals surface area contributed by atoms with Crippen molar-refractivity contribution in [3.8, 4) is 11.5 Å². The molecule has 0 aliphatic carbocycles. The molecule has 0 spiro atoms. The number of carbonyl (C=O) groups is 1. The highest BCUT2D eigenvalue weighted by molar-refractivity contribution is 5.87. The Hall–Kier alpha value is -3.57. The Labute approximate surface area is 146 Å². The van der Waals surface area contributed by atoms with Crippen LogP contribution in [0.2, 0.25) is 0 Å². The lowest BCUT2D eigenvalue weighted by Gasteiger charge is -2.13. The van der Waals surface area contributed by atoms with E-state index in [0.29, 0.717) is 5.56 Å². The van der Waals surface area contributed by atoms with Crippen LogP contribution in [0.4, 0.5) is 0 Å². The van der Waals surface area contributed by atoms with Gasteiger partial charge in [-0.15, -0.1) is 20.2 Å². The fourth-order valence-corrected chi connectivity index (χ4v) is 1.73. The second kappa shape index (κ2) is 10.3. The highest BCUT2D eigenvalue weighted by Gasteiger charge is 2.16. The third-order valence-electron chi connectivity index (χ3n) is 2.90. The molecule has 26 heavy (non-hydrogen) atoms. The summed E-state index contributed by atoms with van der Waals surface area (Å²) in [6.07, 6.45) is 1.07. The third-order valence-corrected chi connectivity index (χ3v) is 2.90. The summed E-state index contributed by atoms with van der Waals surface area (Å²) in [5.74, 6) is -0.570. The fourth-order valence-electron chi connectivity index (χ4n) is 1.73. The van der Waals surface area contributed by atoms with Gasteiger partial charge in [0.1, 0.15) is 12.7 Å². The normalized spacial score (nSPS) is 11.6. The van der Waals surface area contributed by atoms with Crippen LogP contribution in [0, 0.1) is 20.2 Å². The molecule has 1 N–H and O–H groups in total. The van der Waals surface area contributed by atoms with Gasteiger partial charge in [0.05, 0.1) is 13.7 Å². The largest absolute Gasteiger partial charge is 0.504 e. The van der Waals surface area contributed by atoms with Crippen molar-refractivity contribution in [3.63, 3.8) is 0 Å². The molecule has 12 nitrogen and oxygen atoms in total. The highest BCUT2D eigenvalue weighted by Crippen LogP contribution is 2.26. The van der Waals surface area contributed by atoms with Crippen molar-refractivity contribution in [3.05, 3.63) is 50.1 Å². The minimum absolute atomic E-state index is 0.0546. The first kappa shape index (κ1) is 20.5. The van der Waals surface area contributed by atoms with Gasteiger partial charge in [-0.1, -0.05) is 6.07 Å². The monoisotopic (exact) mass is 372 g/mol. The lowest BCUT2D eigenvalue weighted by molar-refractivity contribution is -0.790. The van der Waals surface area contributed by atoms with Crippen LogP contribution in [-0.2, 0) is 19.2 Å². The predicted molar refractivity (Wildman–Crippen MR) is 84.1 cm³/mol. The van der Waals surface area contributed by atoms with Gasteiger partial charge in [-0.25, -0.2) is 4.79 Å². The van der Waals surface area contributed by atoms with Crippen molar-refractivity contribution >= 4 is 12.0 Å². The summed E-state index contributed by atoms with van der Waals surface area (Å²) in [5.41, 5.74) is 0.561. The van der Waals surface area contributed by atoms with Gasteiger partial charge in [-0.05, 0) is 23.8 Å². The minimum atomic E-state index is -1.26. The number of phenolic OH excluding ortho intramolecular Hbond substituents is 1. The van der Waals surface area contributed by atoms with Crippen molar-refractivity contribution in [2.75, 3.05) is 20.3 Å². The first-order valence-electron chi connectivity index (χ1n) is 7.12. The summed E-state index contributed by atoms with van der Waals surface area (Å²) in [7, 11) is 1.38. The Balaban J connectivity index is 2.48. The predicted octanol–water partition coefficient (Wildman–Crippen LogP) is 1.13. The second-order valence-corrected chi connectivity index (χ2v) is 4.69. The topological polar surface area (TPSA) is 160 Å². The maximum Gasteiger partial charge on any atom is 0.330 e. The van der Waals surface area contributed by atoms with Crippen LogP contribution < -0.4 is 4.74 Å². The van der Waals surface area contributed by atoms with Gasteiger partial charge in [0.15, 0.2) is 11.5 Å². The van der Waals surface area contributed by atoms with Crippen LogP contribution in [0.5, 0.6) is 11.5 Å². The van der Waals surface area contributed by atoms with E-state index in [2.05, 4.69) is 9.68 Å². The second-order valence-electron chi connectivity index (χ2n) is 4.69. The molecule has 0 heterocycles. The quantitative estimate of drug-likeness (QED) is 0.258. The molecule has 1 aromatic rings. The van der Waals surface area contributed by atoms with E-state index in [1.54, 1.807) is 0 Å². The molecule has 0 aromatic heterocycles. The molecule has 1 aromatic carbocycles. The number of benzene rings is 1. The number of esters is 1. The summed E-state index contributed by atoms with van der Waals surface area (Å²) in [4.78, 5) is 40.2. The molecule has 12 heteroatoms. The zero-order chi connectivity index (χ0) is 19.5. The maximum absolute atomic E-state index is 11.6. The summed E-state index contributed by atoms with van der Waals surface area (Å²) >= 11 is 0. The molecular weight excluding hydrogens is 356 g/mol. The Kier molecular flexibility index (Phi) is 8.13. The number of phenols is 1. The Morgan fingerprint density at radius 2 is 2.04 bits per heavy atom. The number of methoxy groups -OCH3 is 1. The average Bonchev–Trinajstić information content (AvgIpc) is 2.58. The third kappa shape index (κ3) is 7.81. The van der Waals surface area contributed by atoms with Crippen LogP contribution in [-0.4, -0.2) is 47.7 Å². The van der Waals surface area contributed by atoms with Gasteiger partial charge in [-0.3, -0.25) is 0 Å². The molecule has 1 atom stereocenters. The number of nitrogens with zero attached hydrogens (tertiary/aromatic N) is 2. The molecule has 0 saturated heterocycles. The molecule has 0 amide bonds. The summed E-state index contributed by atoms with van der Waals surface area (Å²) in [5, 5.41) is 27.6. The van der Waals surface area contributed by atoms with Crippen LogP contribution >= 0.6 is 0 Å². The molecule has 0 aliphatic rings. The van der Waals surface area contributed by atoms with E-state index < -0.39 is 28.9 Å². The SMILES string of the molecule is COc1cc(C=CC(=O)OCCC(CO[N+](=O)[O-])O[N+](=O)[O-])ccc1O. The van der Waals surface area contributed by atoms with Gasteiger partial charge < -0.3 is 24.3 Å². The van der Waals surface area contributed by atoms with Crippen molar-refractivity contribution in [1.82, 2.24) is 0 Å². The number of aromatic hydroxyl groups is 1. The summed E-state index contributed by atoms with van der Waals surface area (Å²) < 4.78 is 9.75. The van der Waals surface area contributed by atoms with Gasteiger partial charge in [-0.2, -0.15) is 0 Å². The number of ether oxygens (including phenoxy) is 2. The molecular formula is C14H16N2O10. The molecule has 1 unspecified atom stereocenters. The first-order chi connectivity index (χ1) is 12.3. The van der Waals surface area contributed by atoms with Gasteiger partial charge >= 0.3 is 5.97 Å². The van der Waals surface area contributed by atoms with Crippen LogP contribution in [0.25, 0.3) is 6.08 Å². The first-order valence-corrected chi connectivity index (χ1v) is 7.12. The molecule has 1 rings (SSSR count).